The van der Waals surface area contributed by atoms with E-state index in [0.717, 1.165) is 25.7 Å². The number of rotatable bonds is 1. The van der Waals surface area contributed by atoms with E-state index in [2.05, 4.69) is 0 Å². The van der Waals surface area contributed by atoms with E-state index in [1.165, 1.54) is 0 Å². The molecule has 2 atom stereocenters. The molecule has 2 N–H and O–H groups in total. The van der Waals surface area contributed by atoms with Crippen LogP contribution in [0.15, 0.2) is 0 Å². The normalized spacial score (nSPS) is 29.0. The molecule has 2 fully saturated rings. The van der Waals surface area contributed by atoms with E-state index in [4.69, 9.17) is 5.73 Å². The second-order valence-corrected chi connectivity index (χ2v) is 8.17. The lowest BCUT2D eigenvalue weighted by Gasteiger charge is -2.43. The first kappa shape index (κ1) is 20.2. The molecule has 0 aromatic carbocycles. The van der Waals surface area contributed by atoms with Crippen LogP contribution in [-0.4, -0.2) is 53.3 Å². The fraction of sp³-hybridized carbons (Fsp3) is 0.882. The van der Waals surface area contributed by atoms with Crippen LogP contribution in [-0.2, 0) is 9.59 Å². The molecule has 0 aromatic heterocycles. The van der Waals surface area contributed by atoms with Gasteiger partial charge in [-0.25, -0.2) is 0 Å². The van der Waals surface area contributed by atoms with Crippen LogP contribution in [0.2, 0.25) is 0 Å². The van der Waals surface area contributed by atoms with Gasteiger partial charge in [0.05, 0.1) is 5.92 Å². The monoisotopic (exact) mass is 345 g/mol. The van der Waals surface area contributed by atoms with Crippen molar-refractivity contribution < 1.29 is 9.59 Å². The Morgan fingerprint density at radius 2 is 1.57 bits per heavy atom. The van der Waals surface area contributed by atoms with E-state index in [0.29, 0.717) is 26.2 Å². The van der Waals surface area contributed by atoms with Crippen molar-refractivity contribution in [2.24, 2.45) is 17.1 Å². The van der Waals surface area contributed by atoms with Crippen molar-refractivity contribution in [2.75, 3.05) is 26.2 Å². The van der Waals surface area contributed by atoms with Crippen LogP contribution in [0.5, 0.6) is 0 Å². The maximum absolute atomic E-state index is 12.8. The van der Waals surface area contributed by atoms with Crippen LogP contribution in [0.3, 0.4) is 0 Å². The minimum absolute atomic E-state index is 0. The Labute approximate surface area is 146 Å². The third kappa shape index (κ3) is 4.60. The molecule has 6 heteroatoms. The average Bonchev–Trinajstić information content (AvgIpc) is 2.44. The molecule has 1 saturated heterocycles. The van der Waals surface area contributed by atoms with Gasteiger partial charge >= 0.3 is 0 Å². The number of nitrogens with two attached hydrogens (primary N) is 1. The van der Waals surface area contributed by atoms with Gasteiger partial charge in [-0.15, -0.1) is 12.4 Å². The Morgan fingerprint density at radius 3 is 2.04 bits per heavy atom. The standard InChI is InChI=1S/C17H31N3O2.ClH/c1-16(2,3)15(22)20-11-9-19(10-12-20)14(21)13-7-5-6-8-17(13,4)18;/h13H,5-12,18H2,1-4H3;1H. The summed E-state index contributed by atoms with van der Waals surface area (Å²) in [6.07, 6.45) is 4.02. The number of nitrogens with zero attached hydrogens (tertiary/aromatic N) is 2. The van der Waals surface area contributed by atoms with Crippen LogP contribution in [0.25, 0.3) is 0 Å². The first-order valence-electron chi connectivity index (χ1n) is 8.50. The zero-order valence-electron chi connectivity index (χ0n) is 14.9. The molecule has 2 unspecified atom stereocenters. The van der Waals surface area contributed by atoms with Gasteiger partial charge in [0.1, 0.15) is 0 Å². The molecule has 0 spiro atoms. The van der Waals surface area contributed by atoms with E-state index >= 15 is 0 Å². The number of hydrogen-bond acceptors (Lipinski definition) is 3. The first-order chi connectivity index (χ1) is 10.1. The zero-order chi connectivity index (χ0) is 16.5. The predicted octanol–water partition coefficient (Wildman–Crippen LogP) is 2.03. The van der Waals surface area contributed by atoms with Gasteiger partial charge in [-0.2, -0.15) is 0 Å². The predicted molar refractivity (Wildman–Crippen MR) is 94.4 cm³/mol. The SMILES string of the molecule is CC(C)(C)C(=O)N1CCN(C(=O)C2CCCCC2(C)N)CC1.Cl. The lowest BCUT2D eigenvalue weighted by molar-refractivity contribution is -0.148. The summed E-state index contributed by atoms with van der Waals surface area (Å²) in [5.74, 6) is 0.291. The maximum Gasteiger partial charge on any atom is 0.228 e. The fourth-order valence-electron chi connectivity index (χ4n) is 3.59. The van der Waals surface area contributed by atoms with Crippen LogP contribution in [0.1, 0.15) is 53.4 Å². The van der Waals surface area contributed by atoms with Gasteiger partial charge in [-0.1, -0.05) is 33.6 Å². The number of carbonyl (C=O) groups excluding carboxylic acids is 2. The Kier molecular flexibility index (Phi) is 6.50. The van der Waals surface area contributed by atoms with E-state index < -0.39 is 0 Å². The highest BCUT2D eigenvalue weighted by atomic mass is 35.5. The van der Waals surface area contributed by atoms with Crippen LogP contribution < -0.4 is 5.73 Å². The average molecular weight is 346 g/mol. The lowest BCUT2D eigenvalue weighted by atomic mass is 9.74. The van der Waals surface area contributed by atoms with Gasteiger partial charge in [0, 0.05) is 37.1 Å². The molecular formula is C17H32ClN3O2. The largest absolute Gasteiger partial charge is 0.339 e. The molecule has 23 heavy (non-hydrogen) atoms. The molecular weight excluding hydrogens is 314 g/mol. The second-order valence-electron chi connectivity index (χ2n) is 8.17. The van der Waals surface area contributed by atoms with Crippen molar-refractivity contribution >= 4 is 24.2 Å². The Morgan fingerprint density at radius 1 is 1.04 bits per heavy atom. The summed E-state index contributed by atoms with van der Waals surface area (Å²) in [6, 6.07) is 0. The minimum Gasteiger partial charge on any atom is -0.339 e. The molecule has 134 valence electrons. The molecule has 1 aliphatic carbocycles. The van der Waals surface area contributed by atoms with Gasteiger partial charge in [0.15, 0.2) is 0 Å². The van der Waals surface area contributed by atoms with Crippen LogP contribution in [0.4, 0.5) is 0 Å². The second kappa shape index (κ2) is 7.39. The summed E-state index contributed by atoms with van der Waals surface area (Å²) >= 11 is 0. The maximum atomic E-state index is 12.8. The van der Waals surface area contributed by atoms with Crippen LogP contribution >= 0.6 is 12.4 Å². The van der Waals surface area contributed by atoms with Crippen molar-refractivity contribution in [3.8, 4) is 0 Å². The molecule has 0 bridgehead atoms. The quantitative estimate of drug-likeness (QED) is 0.790. The molecule has 1 aliphatic heterocycles. The summed E-state index contributed by atoms with van der Waals surface area (Å²) in [6.45, 7) is 10.4. The van der Waals surface area contributed by atoms with Crippen molar-refractivity contribution in [1.29, 1.82) is 0 Å². The van der Waals surface area contributed by atoms with E-state index in [1.807, 2.05) is 37.5 Å². The molecule has 2 aliphatic rings. The molecule has 0 radical (unpaired) electrons. The molecule has 1 heterocycles. The Balaban J connectivity index is 0.00000264. The first-order valence-corrected chi connectivity index (χ1v) is 8.50. The number of piperazine rings is 1. The van der Waals surface area contributed by atoms with Crippen molar-refractivity contribution in [3.63, 3.8) is 0 Å². The number of halogens is 1. The lowest BCUT2D eigenvalue weighted by Crippen LogP contribution is -2.58. The van der Waals surface area contributed by atoms with Crippen molar-refractivity contribution in [2.45, 2.75) is 58.9 Å². The van der Waals surface area contributed by atoms with Gasteiger partial charge in [-0.05, 0) is 19.8 Å². The van der Waals surface area contributed by atoms with Crippen molar-refractivity contribution in [1.82, 2.24) is 9.80 Å². The number of carbonyl (C=O) groups is 2. The van der Waals surface area contributed by atoms with Gasteiger partial charge < -0.3 is 15.5 Å². The summed E-state index contributed by atoms with van der Waals surface area (Å²) < 4.78 is 0. The minimum atomic E-state index is -0.381. The third-order valence-electron chi connectivity index (χ3n) is 5.07. The fourth-order valence-corrected chi connectivity index (χ4v) is 3.59. The highest BCUT2D eigenvalue weighted by Gasteiger charge is 2.41. The summed E-state index contributed by atoms with van der Waals surface area (Å²) in [5.41, 5.74) is 5.61. The smallest absolute Gasteiger partial charge is 0.228 e. The van der Waals surface area contributed by atoms with Crippen molar-refractivity contribution in [3.05, 3.63) is 0 Å². The molecule has 0 aromatic rings. The number of hydrogen-bond donors (Lipinski definition) is 1. The van der Waals surface area contributed by atoms with Gasteiger partial charge in [0.2, 0.25) is 11.8 Å². The van der Waals surface area contributed by atoms with E-state index in [1.54, 1.807) is 0 Å². The van der Waals surface area contributed by atoms with Gasteiger partial charge in [-0.3, -0.25) is 9.59 Å². The highest BCUT2D eigenvalue weighted by molar-refractivity contribution is 5.85. The Bertz CT molecular complexity index is 438. The van der Waals surface area contributed by atoms with E-state index in [9.17, 15) is 9.59 Å². The summed E-state index contributed by atoms with van der Waals surface area (Å²) in [7, 11) is 0. The summed E-state index contributed by atoms with van der Waals surface area (Å²) in [4.78, 5) is 28.9. The molecule has 2 rings (SSSR count). The Hall–Kier alpha value is -0.810. The molecule has 2 amide bonds. The summed E-state index contributed by atoms with van der Waals surface area (Å²) in [5, 5.41) is 0. The zero-order valence-corrected chi connectivity index (χ0v) is 15.7. The highest BCUT2D eigenvalue weighted by Crippen LogP contribution is 2.33. The van der Waals surface area contributed by atoms with Crippen LogP contribution in [0, 0.1) is 11.3 Å². The molecule has 5 nitrogen and oxygen atoms in total. The van der Waals surface area contributed by atoms with Gasteiger partial charge in [0.25, 0.3) is 0 Å². The third-order valence-corrected chi connectivity index (χ3v) is 5.07. The number of amides is 2. The topological polar surface area (TPSA) is 66.6 Å². The molecule has 1 saturated carbocycles. The van der Waals surface area contributed by atoms with E-state index in [-0.39, 0.29) is 41.1 Å².